The summed E-state index contributed by atoms with van der Waals surface area (Å²) in [5.74, 6) is 1.11. The molecule has 0 spiro atoms. The van der Waals surface area contributed by atoms with Gasteiger partial charge >= 0.3 is 0 Å². The Morgan fingerprint density at radius 1 is 1.25 bits per heavy atom. The molecule has 5 rings (SSSR count). The van der Waals surface area contributed by atoms with E-state index in [9.17, 15) is 4.79 Å². The zero-order valence-corrected chi connectivity index (χ0v) is 19.4. The van der Waals surface area contributed by atoms with Crippen molar-refractivity contribution < 1.29 is 14.3 Å². The Labute approximate surface area is 194 Å². The van der Waals surface area contributed by atoms with Crippen LogP contribution in [0.2, 0.25) is 0 Å². The van der Waals surface area contributed by atoms with Crippen LogP contribution < -0.4 is 4.74 Å². The quantitative estimate of drug-likeness (QED) is 0.653. The highest BCUT2D eigenvalue weighted by molar-refractivity contribution is 6.44. The highest BCUT2D eigenvalue weighted by Crippen LogP contribution is 2.33. The molecule has 3 fully saturated rings. The Hall–Kier alpha value is -1.96. The molecule has 0 bridgehead atoms. The van der Waals surface area contributed by atoms with Gasteiger partial charge in [0.15, 0.2) is 5.78 Å². The smallest absolute Gasteiger partial charge is 0.213 e. The van der Waals surface area contributed by atoms with Crippen LogP contribution in [0.4, 0.5) is 0 Å². The van der Waals surface area contributed by atoms with Crippen LogP contribution >= 0.6 is 11.6 Å². The van der Waals surface area contributed by atoms with Gasteiger partial charge in [-0.3, -0.25) is 9.79 Å². The zero-order valence-electron chi connectivity index (χ0n) is 18.6. The van der Waals surface area contributed by atoms with Gasteiger partial charge in [0.25, 0.3) is 0 Å². The summed E-state index contributed by atoms with van der Waals surface area (Å²) in [5, 5.41) is 0.283. The van der Waals surface area contributed by atoms with Gasteiger partial charge in [-0.2, -0.15) is 0 Å². The van der Waals surface area contributed by atoms with E-state index >= 15 is 0 Å². The minimum Gasteiger partial charge on any atom is -0.472 e. The molecule has 0 radical (unpaired) electrons. The number of carbonyl (C=O) groups excluding carboxylic acids is 1. The third kappa shape index (κ3) is 4.70. The lowest BCUT2D eigenvalue weighted by Crippen LogP contribution is -2.50. The Morgan fingerprint density at radius 3 is 2.81 bits per heavy atom. The molecule has 4 aliphatic heterocycles. The number of aliphatic imine (C=N–C) groups is 1. The van der Waals surface area contributed by atoms with Crippen molar-refractivity contribution in [3.05, 3.63) is 34.6 Å². The first kappa shape index (κ1) is 21.9. The van der Waals surface area contributed by atoms with Crippen LogP contribution in [0.3, 0.4) is 0 Å². The summed E-state index contributed by atoms with van der Waals surface area (Å²) in [6, 6.07) is 4.24. The summed E-state index contributed by atoms with van der Waals surface area (Å²) in [6.07, 6.45) is 6.78. The molecule has 0 amide bonds. The monoisotopic (exact) mass is 458 g/mol. The highest BCUT2D eigenvalue weighted by Gasteiger charge is 2.36. The number of hydrogen-bond donors (Lipinski definition) is 0. The highest BCUT2D eigenvalue weighted by atomic mass is 35.5. The number of halogens is 1. The summed E-state index contributed by atoms with van der Waals surface area (Å²) in [7, 11) is 0. The molecule has 0 aliphatic carbocycles. The van der Waals surface area contributed by atoms with E-state index < -0.39 is 0 Å². The lowest BCUT2D eigenvalue weighted by molar-refractivity contribution is -0.116. The Morgan fingerprint density at radius 2 is 2.06 bits per heavy atom. The van der Waals surface area contributed by atoms with Crippen LogP contribution in [0.1, 0.15) is 37.7 Å². The second-order valence-corrected chi connectivity index (χ2v) is 10.2. The molecule has 7 nitrogen and oxygen atoms in total. The van der Waals surface area contributed by atoms with Gasteiger partial charge in [0.1, 0.15) is 17.7 Å². The molecule has 5 heterocycles. The van der Waals surface area contributed by atoms with Crippen molar-refractivity contribution in [2.75, 3.05) is 52.5 Å². The van der Waals surface area contributed by atoms with Crippen LogP contribution in [0, 0.1) is 5.41 Å². The summed E-state index contributed by atoms with van der Waals surface area (Å²) in [6.45, 7) is 9.11. The van der Waals surface area contributed by atoms with Crippen molar-refractivity contribution in [1.82, 2.24) is 14.8 Å². The topological polar surface area (TPSA) is 67.3 Å². The largest absolute Gasteiger partial charge is 0.472 e. The van der Waals surface area contributed by atoms with Gasteiger partial charge in [-0.25, -0.2) is 4.98 Å². The van der Waals surface area contributed by atoms with Crippen molar-refractivity contribution in [1.29, 1.82) is 0 Å². The van der Waals surface area contributed by atoms with E-state index in [0.29, 0.717) is 29.5 Å². The van der Waals surface area contributed by atoms with E-state index in [-0.39, 0.29) is 23.5 Å². The maximum Gasteiger partial charge on any atom is 0.213 e. The molecule has 0 saturated carbocycles. The van der Waals surface area contributed by atoms with Gasteiger partial charge in [-0.15, -0.1) is 0 Å². The van der Waals surface area contributed by atoms with Crippen molar-refractivity contribution in [2.24, 2.45) is 10.4 Å². The van der Waals surface area contributed by atoms with Crippen molar-refractivity contribution in [3.8, 4) is 5.88 Å². The number of Topliss-reactive ketones (excluding diaryl/α,β-unsaturated/α-hetero) is 1. The molecule has 0 unspecified atom stereocenters. The van der Waals surface area contributed by atoms with Gasteiger partial charge < -0.3 is 19.3 Å². The van der Waals surface area contributed by atoms with E-state index in [4.69, 9.17) is 21.1 Å². The lowest BCUT2D eigenvalue weighted by Gasteiger charge is -2.43. The molecule has 1 atom stereocenters. The molecule has 0 N–H and O–H groups in total. The number of rotatable bonds is 6. The van der Waals surface area contributed by atoms with E-state index in [1.165, 1.54) is 5.56 Å². The molecule has 1 aromatic rings. The average molecular weight is 459 g/mol. The van der Waals surface area contributed by atoms with Gasteiger partial charge in [0, 0.05) is 43.4 Å². The third-order valence-corrected chi connectivity index (χ3v) is 7.42. The zero-order chi connectivity index (χ0) is 22.1. The van der Waals surface area contributed by atoms with E-state index in [0.717, 1.165) is 58.7 Å². The number of dihydropyridines is 1. The number of likely N-dealkylation sites (tertiary alicyclic amines) is 2. The maximum atomic E-state index is 11.8. The first-order valence-electron chi connectivity index (χ1n) is 11.6. The number of carbonyl (C=O) groups is 1. The number of ether oxygens (including phenoxy) is 2. The number of ketones is 1. The van der Waals surface area contributed by atoms with Gasteiger partial charge in [-0.05, 0) is 43.5 Å². The SMILES string of the molecule is CC1(CN2CCC(c3ccnc(O[C@@H]4CCN(C5=C(Cl)C(=O)CN=C5)C4)c3)CC2)COC1. The average Bonchev–Trinajstić information content (AvgIpc) is 3.23. The van der Waals surface area contributed by atoms with Gasteiger partial charge in [0.05, 0.1) is 25.5 Å². The van der Waals surface area contributed by atoms with E-state index in [2.05, 4.69) is 38.8 Å². The fourth-order valence-electron chi connectivity index (χ4n) is 5.17. The minimum atomic E-state index is -0.121. The predicted octanol–water partition coefficient (Wildman–Crippen LogP) is 2.85. The van der Waals surface area contributed by atoms with Crippen molar-refractivity contribution >= 4 is 23.6 Å². The fraction of sp³-hybridized carbons (Fsp3) is 0.625. The fourth-order valence-corrected chi connectivity index (χ4v) is 5.40. The second-order valence-electron chi connectivity index (χ2n) is 9.85. The number of aromatic nitrogens is 1. The standard InChI is InChI=1S/C24H31ClN4O3/c1-24(15-31-16-24)14-28-7-3-17(4-8-28)18-2-6-27-22(10-18)32-19-5-9-29(13-19)20-11-26-12-21(30)23(20)25/h2,6,10-11,17,19H,3-5,7-9,12-16H2,1H3/t19-/m1/s1. The van der Waals surface area contributed by atoms with E-state index in [1.807, 2.05) is 6.20 Å². The molecule has 172 valence electrons. The Balaban J connectivity index is 1.15. The first-order chi connectivity index (χ1) is 15.5. The molecule has 8 heteroatoms. The van der Waals surface area contributed by atoms with Crippen molar-refractivity contribution in [2.45, 2.75) is 38.2 Å². The van der Waals surface area contributed by atoms with Crippen LogP contribution in [0.5, 0.6) is 5.88 Å². The molecular weight excluding hydrogens is 428 g/mol. The van der Waals surface area contributed by atoms with Crippen LogP contribution in [-0.4, -0.2) is 85.4 Å². The van der Waals surface area contributed by atoms with Crippen LogP contribution in [0.25, 0.3) is 0 Å². The molecule has 0 aromatic carbocycles. The third-order valence-electron chi connectivity index (χ3n) is 7.02. The molecule has 1 aromatic heterocycles. The van der Waals surface area contributed by atoms with E-state index in [1.54, 1.807) is 6.21 Å². The minimum absolute atomic E-state index is 0.0208. The maximum absolute atomic E-state index is 11.8. The summed E-state index contributed by atoms with van der Waals surface area (Å²) >= 11 is 6.22. The summed E-state index contributed by atoms with van der Waals surface area (Å²) < 4.78 is 11.6. The van der Waals surface area contributed by atoms with Gasteiger partial charge in [-0.1, -0.05) is 18.5 Å². The molecular formula is C24H31ClN4O3. The number of pyridine rings is 1. The Kier molecular flexibility index (Phi) is 6.23. The molecule has 3 saturated heterocycles. The van der Waals surface area contributed by atoms with Crippen LogP contribution in [0.15, 0.2) is 34.1 Å². The van der Waals surface area contributed by atoms with Crippen molar-refractivity contribution in [3.63, 3.8) is 0 Å². The lowest BCUT2D eigenvalue weighted by atomic mass is 9.85. The second kappa shape index (κ2) is 9.12. The number of piperidine rings is 1. The molecule has 32 heavy (non-hydrogen) atoms. The first-order valence-corrected chi connectivity index (χ1v) is 12.0. The normalized spacial score (nSPS) is 26.5. The van der Waals surface area contributed by atoms with Gasteiger partial charge in [0.2, 0.25) is 5.88 Å². The number of nitrogens with zero attached hydrogens (tertiary/aromatic N) is 4. The van der Waals surface area contributed by atoms with Crippen LogP contribution in [-0.2, 0) is 9.53 Å². The summed E-state index contributed by atoms with van der Waals surface area (Å²) in [4.78, 5) is 25.1. The molecule has 4 aliphatic rings. The predicted molar refractivity (Wildman–Crippen MR) is 123 cm³/mol. The Bertz CT molecular complexity index is 922. The number of allylic oxidation sites excluding steroid dienone is 1. The summed E-state index contributed by atoms with van der Waals surface area (Å²) in [5.41, 5.74) is 2.37. The number of hydrogen-bond acceptors (Lipinski definition) is 7.